The first kappa shape index (κ1) is 33.2. The van der Waals surface area contributed by atoms with Crippen LogP contribution in [0.15, 0.2) is 72.8 Å². The highest BCUT2D eigenvalue weighted by atomic mass is 16.5. The van der Waals surface area contributed by atoms with Crippen LogP contribution in [0.5, 0.6) is 5.75 Å². The smallest absolute Gasteiger partial charge is 0.343 e. The normalized spacial score (nSPS) is 12.5. The number of ether oxygens (including phenoxy) is 1. The number of hydrogen-bond acceptors (Lipinski definition) is 4. The van der Waals surface area contributed by atoms with Crippen molar-refractivity contribution in [2.24, 2.45) is 0 Å². The number of carbonyl (C=O) groups excluding carboxylic acids is 3. The summed E-state index contributed by atoms with van der Waals surface area (Å²) in [6.45, 7) is 2.68. The van der Waals surface area contributed by atoms with E-state index in [1.165, 1.54) is 94.4 Å². The fourth-order valence-electron chi connectivity index (χ4n) is 5.95. The maximum absolute atomic E-state index is 13.1. The van der Waals surface area contributed by atoms with Crippen molar-refractivity contribution in [3.8, 4) is 16.9 Å². The molecule has 4 rings (SSSR count). The number of imide groups is 1. The van der Waals surface area contributed by atoms with E-state index >= 15 is 0 Å². The number of unbranched alkanes of at least 4 members (excludes halogenated alkanes) is 15. The van der Waals surface area contributed by atoms with Crippen LogP contribution >= 0.6 is 0 Å². The van der Waals surface area contributed by atoms with Gasteiger partial charge in [0.25, 0.3) is 11.8 Å². The Labute approximate surface area is 264 Å². The Morgan fingerprint density at radius 1 is 0.568 bits per heavy atom. The lowest BCUT2D eigenvalue weighted by atomic mass is 10.0. The highest BCUT2D eigenvalue weighted by molar-refractivity contribution is 6.22. The van der Waals surface area contributed by atoms with Gasteiger partial charge in [0, 0.05) is 6.54 Å². The predicted octanol–water partition coefficient (Wildman–Crippen LogP) is 10.4. The second-order valence-corrected chi connectivity index (χ2v) is 12.1. The van der Waals surface area contributed by atoms with E-state index in [9.17, 15) is 14.4 Å². The van der Waals surface area contributed by atoms with E-state index in [0.717, 1.165) is 30.4 Å². The number of rotatable bonds is 20. The highest BCUT2D eigenvalue weighted by Gasteiger charge is 2.35. The summed E-state index contributed by atoms with van der Waals surface area (Å²) >= 11 is 0. The van der Waals surface area contributed by atoms with Crippen LogP contribution in [-0.2, 0) is 0 Å². The zero-order valence-corrected chi connectivity index (χ0v) is 26.5. The second-order valence-electron chi connectivity index (χ2n) is 12.1. The number of carbonyl (C=O) groups is 3. The molecule has 0 radical (unpaired) electrons. The molecule has 0 fully saturated rings. The molecule has 1 aliphatic heterocycles. The molecule has 0 saturated carbocycles. The van der Waals surface area contributed by atoms with Gasteiger partial charge in [0.15, 0.2) is 0 Å². The van der Waals surface area contributed by atoms with E-state index in [2.05, 4.69) is 6.92 Å². The van der Waals surface area contributed by atoms with Gasteiger partial charge in [-0.3, -0.25) is 14.5 Å². The molecule has 1 heterocycles. The fraction of sp³-hybridized carbons (Fsp3) is 0.462. The summed E-state index contributed by atoms with van der Waals surface area (Å²) in [5, 5.41) is 0. The minimum Gasteiger partial charge on any atom is -0.423 e. The van der Waals surface area contributed by atoms with Gasteiger partial charge in [-0.25, -0.2) is 4.79 Å². The van der Waals surface area contributed by atoms with Crippen LogP contribution < -0.4 is 4.74 Å². The minimum absolute atomic E-state index is 0.251. The molecule has 0 atom stereocenters. The van der Waals surface area contributed by atoms with Crippen LogP contribution in [0.2, 0.25) is 0 Å². The molecule has 3 aromatic rings. The number of nitrogens with zero attached hydrogens (tertiary/aromatic N) is 1. The van der Waals surface area contributed by atoms with Crippen molar-refractivity contribution in [2.45, 2.75) is 110 Å². The fourth-order valence-corrected chi connectivity index (χ4v) is 5.95. The van der Waals surface area contributed by atoms with Gasteiger partial charge in [0.1, 0.15) is 5.75 Å². The molecule has 5 nitrogen and oxygen atoms in total. The van der Waals surface area contributed by atoms with E-state index in [1.54, 1.807) is 24.3 Å². The average Bonchev–Trinajstić information content (AvgIpc) is 3.29. The van der Waals surface area contributed by atoms with Crippen LogP contribution in [0, 0.1) is 0 Å². The van der Waals surface area contributed by atoms with Crippen molar-refractivity contribution < 1.29 is 19.1 Å². The van der Waals surface area contributed by atoms with Crippen LogP contribution in [0.3, 0.4) is 0 Å². The van der Waals surface area contributed by atoms with Gasteiger partial charge in [0.05, 0.1) is 16.7 Å². The van der Waals surface area contributed by atoms with Gasteiger partial charge < -0.3 is 4.74 Å². The summed E-state index contributed by atoms with van der Waals surface area (Å²) < 4.78 is 5.55. The Morgan fingerprint density at radius 3 is 1.64 bits per heavy atom. The third-order valence-corrected chi connectivity index (χ3v) is 8.61. The van der Waals surface area contributed by atoms with E-state index in [1.807, 2.05) is 42.5 Å². The van der Waals surface area contributed by atoms with E-state index in [0.29, 0.717) is 17.9 Å². The first-order valence-corrected chi connectivity index (χ1v) is 17.0. The molecule has 2 amide bonds. The van der Waals surface area contributed by atoms with Crippen LogP contribution in [-0.4, -0.2) is 29.2 Å². The standard InChI is InChI=1S/C39H49NO4/c1-2-3-4-5-6-7-8-9-10-11-12-13-14-15-16-20-29-40-37(41)35-28-25-33(30-36(35)38(40)42)39(43)44-34-26-23-32(24-27-34)31-21-18-17-19-22-31/h17-19,21-28,30H,2-16,20,29H2,1H3. The highest BCUT2D eigenvalue weighted by Crippen LogP contribution is 2.26. The third kappa shape index (κ3) is 9.90. The van der Waals surface area contributed by atoms with Crippen molar-refractivity contribution in [3.63, 3.8) is 0 Å². The van der Waals surface area contributed by atoms with E-state index in [4.69, 9.17) is 4.74 Å². The molecule has 3 aromatic carbocycles. The first-order chi connectivity index (χ1) is 21.6. The monoisotopic (exact) mass is 595 g/mol. The van der Waals surface area contributed by atoms with E-state index in [-0.39, 0.29) is 22.9 Å². The molecule has 44 heavy (non-hydrogen) atoms. The Morgan fingerprint density at radius 2 is 1.07 bits per heavy atom. The summed E-state index contributed by atoms with van der Waals surface area (Å²) in [7, 11) is 0. The maximum Gasteiger partial charge on any atom is 0.343 e. The first-order valence-electron chi connectivity index (χ1n) is 17.0. The molecule has 0 unspecified atom stereocenters. The van der Waals surface area contributed by atoms with Crippen LogP contribution in [0.4, 0.5) is 0 Å². The minimum atomic E-state index is -0.559. The Kier molecular flexibility index (Phi) is 13.7. The topological polar surface area (TPSA) is 63.7 Å². The molecule has 234 valence electrons. The Bertz CT molecular complexity index is 1330. The number of hydrogen-bond donors (Lipinski definition) is 0. The van der Waals surface area contributed by atoms with Gasteiger partial charge in [-0.2, -0.15) is 0 Å². The zero-order valence-electron chi connectivity index (χ0n) is 26.5. The van der Waals surface area contributed by atoms with Crippen LogP contribution in [0.1, 0.15) is 141 Å². The SMILES string of the molecule is CCCCCCCCCCCCCCCCCCN1C(=O)c2ccc(C(=O)Oc3ccc(-c4ccccc4)cc3)cc2C1=O. The summed E-state index contributed by atoms with van der Waals surface area (Å²) in [6, 6.07) is 21.9. The quantitative estimate of drug-likeness (QED) is 0.0564. The average molecular weight is 596 g/mol. The summed E-state index contributed by atoms with van der Waals surface area (Å²) in [6.07, 6.45) is 20.5. The van der Waals surface area contributed by atoms with E-state index < -0.39 is 5.97 Å². The molecule has 0 aliphatic carbocycles. The molecule has 0 aromatic heterocycles. The number of benzene rings is 3. The number of esters is 1. The number of amides is 2. The summed E-state index contributed by atoms with van der Waals surface area (Å²) in [4.78, 5) is 40.1. The van der Waals surface area contributed by atoms with Crippen molar-refractivity contribution >= 4 is 17.8 Å². The lowest BCUT2D eigenvalue weighted by molar-refractivity contribution is 0.0650. The van der Waals surface area contributed by atoms with Crippen molar-refractivity contribution in [1.29, 1.82) is 0 Å². The molecule has 0 saturated heterocycles. The summed E-state index contributed by atoms with van der Waals surface area (Å²) in [5.74, 6) is -0.741. The maximum atomic E-state index is 13.1. The Balaban J connectivity index is 1.11. The predicted molar refractivity (Wildman–Crippen MR) is 178 cm³/mol. The van der Waals surface area contributed by atoms with Crippen molar-refractivity contribution in [1.82, 2.24) is 4.90 Å². The van der Waals surface area contributed by atoms with Gasteiger partial charge in [-0.15, -0.1) is 0 Å². The van der Waals surface area contributed by atoms with Crippen LogP contribution in [0.25, 0.3) is 11.1 Å². The van der Waals surface area contributed by atoms with Crippen molar-refractivity contribution in [3.05, 3.63) is 89.5 Å². The largest absolute Gasteiger partial charge is 0.423 e. The lowest BCUT2D eigenvalue weighted by Crippen LogP contribution is -2.30. The molecule has 5 heteroatoms. The van der Waals surface area contributed by atoms with Gasteiger partial charge >= 0.3 is 5.97 Å². The second kappa shape index (κ2) is 18.2. The molecule has 0 N–H and O–H groups in total. The molecular weight excluding hydrogens is 546 g/mol. The zero-order chi connectivity index (χ0) is 31.0. The Hall–Kier alpha value is -3.73. The molecule has 1 aliphatic rings. The third-order valence-electron chi connectivity index (χ3n) is 8.61. The number of fused-ring (bicyclic) bond motifs is 1. The molecular formula is C39H49NO4. The van der Waals surface area contributed by atoms with Crippen molar-refractivity contribution in [2.75, 3.05) is 6.54 Å². The summed E-state index contributed by atoms with van der Waals surface area (Å²) in [5.41, 5.74) is 2.99. The molecule has 0 spiro atoms. The van der Waals surface area contributed by atoms with Gasteiger partial charge in [0.2, 0.25) is 0 Å². The van der Waals surface area contributed by atoms with Gasteiger partial charge in [-0.05, 0) is 47.9 Å². The van der Waals surface area contributed by atoms with Gasteiger partial charge in [-0.1, -0.05) is 146 Å². The lowest BCUT2D eigenvalue weighted by Gasteiger charge is -2.13. The molecule has 0 bridgehead atoms.